The van der Waals surface area contributed by atoms with Crippen LogP contribution >= 0.6 is 0 Å². The summed E-state index contributed by atoms with van der Waals surface area (Å²) >= 11 is 0. The fourth-order valence-corrected chi connectivity index (χ4v) is 4.97. The topological polar surface area (TPSA) is 29.5 Å². The Morgan fingerprint density at radius 1 is 1.30 bits per heavy atom. The van der Waals surface area contributed by atoms with Crippen LogP contribution < -0.4 is 0 Å². The molecule has 2 nitrogen and oxygen atoms in total. The Kier molecular flexibility index (Phi) is 4.24. The van der Waals surface area contributed by atoms with Crippen LogP contribution in [0.3, 0.4) is 0 Å². The first-order valence-electron chi connectivity index (χ1n) is 8.57. The number of hydrogen-bond acceptors (Lipinski definition) is 2. The largest absolute Gasteiger partial charge is 0.393 e. The van der Waals surface area contributed by atoms with Gasteiger partial charge in [-0.25, -0.2) is 0 Å². The lowest BCUT2D eigenvalue weighted by Gasteiger charge is -2.42. The SMILES string of the molecule is CC1=CC(C)CC(C(O)C2CCOC3(CCCC3)C2)C1. The van der Waals surface area contributed by atoms with Crippen molar-refractivity contribution in [2.24, 2.45) is 17.8 Å². The Morgan fingerprint density at radius 2 is 2.05 bits per heavy atom. The highest BCUT2D eigenvalue weighted by atomic mass is 16.5. The first-order chi connectivity index (χ1) is 9.58. The molecule has 1 N–H and O–H groups in total. The van der Waals surface area contributed by atoms with Crippen molar-refractivity contribution < 1.29 is 9.84 Å². The van der Waals surface area contributed by atoms with Crippen molar-refractivity contribution in [3.63, 3.8) is 0 Å². The van der Waals surface area contributed by atoms with Crippen molar-refractivity contribution in [3.05, 3.63) is 11.6 Å². The van der Waals surface area contributed by atoms with E-state index in [9.17, 15) is 5.11 Å². The Balaban J connectivity index is 1.64. The minimum atomic E-state index is -0.123. The molecule has 0 amide bonds. The molecule has 114 valence electrons. The molecule has 0 aromatic heterocycles. The van der Waals surface area contributed by atoms with Gasteiger partial charge < -0.3 is 9.84 Å². The Bertz CT molecular complexity index is 368. The van der Waals surface area contributed by atoms with Crippen LogP contribution in [0.15, 0.2) is 11.6 Å². The van der Waals surface area contributed by atoms with Gasteiger partial charge in [0, 0.05) is 6.61 Å². The summed E-state index contributed by atoms with van der Waals surface area (Å²) in [5.74, 6) is 1.56. The monoisotopic (exact) mass is 278 g/mol. The molecule has 1 aliphatic heterocycles. The van der Waals surface area contributed by atoms with Gasteiger partial charge in [0.2, 0.25) is 0 Å². The fraction of sp³-hybridized carbons (Fsp3) is 0.889. The zero-order chi connectivity index (χ0) is 14.2. The third-order valence-electron chi connectivity index (χ3n) is 5.84. The molecule has 4 atom stereocenters. The molecule has 0 radical (unpaired) electrons. The van der Waals surface area contributed by atoms with Crippen molar-refractivity contribution in [2.75, 3.05) is 6.61 Å². The van der Waals surface area contributed by atoms with Gasteiger partial charge >= 0.3 is 0 Å². The minimum Gasteiger partial charge on any atom is -0.393 e. The first kappa shape index (κ1) is 14.6. The molecule has 4 unspecified atom stereocenters. The predicted octanol–water partition coefficient (Wildman–Crippen LogP) is 4.08. The second-order valence-corrected chi connectivity index (χ2v) is 7.67. The van der Waals surface area contributed by atoms with Crippen LogP contribution in [0.5, 0.6) is 0 Å². The van der Waals surface area contributed by atoms with Crippen molar-refractivity contribution in [1.29, 1.82) is 0 Å². The van der Waals surface area contributed by atoms with E-state index in [0.29, 0.717) is 17.8 Å². The number of hydrogen-bond donors (Lipinski definition) is 1. The molecule has 3 rings (SSSR count). The van der Waals surface area contributed by atoms with Gasteiger partial charge in [-0.05, 0) is 63.2 Å². The fourth-order valence-electron chi connectivity index (χ4n) is 4.97. The first-order valence-corrected chi connectivity index (χ1v) is 8.57. The maximum absolute atomic E-state index is 10.9. The summed E-state index contributed by atoms with van der Waals surface area (Å²) < 4.78 is 6.11. The molecule has 1 spiro atoms. The van der Waals surface area contributed by atoms with Crippen molar-refractivity contribution in [2.45, 2.75) is 76.9 Å². The van der Waals surface area contributed by atoms with E-state index in [-0.39, 0.29) is 11.7 Å². The third kappa shape index (κ3) is 2.96. The zero-order valence-corrected chi connectivity index (χ0v) is 13.1. The van der Waals surface area contributed by atoms with Crippen molar-refractivity contribution in [3.8, 4) is 0 Å². The second kappa shape index (κ2) is 5.81. The maximum atomic E-state index is 10.9. The highest BCUT2D eigenvalue weighted by Gasteiger charge is 2.43. The molecular formula is C18H30O2. The Hall–Kier alpha value is -0.340. The van der Waals surface area contributed by atoms with E-state index in [4.69, 9.17) is 4.74 Å². The average Bonchev–Trinajstić information content (AvgIpc) is 2.85. The second-order valence-electron chi connectivity index (χ2n) is 7.67. The van der Waals surface area contributed by atoms with Gasteiger partial charge in [-0.1, -0.05) is 31.4 Å². The van der Waals surface area contributed by atoms with Crippen LogP contribution in [-0.4, -0.2) is 23.4 Å². The predicted molar refractivity (Wildman–Crippen MR) is 81.5 cm³/mol. The van der Waals surface area contributed by atoms with Crippen LogP contribution in [0.1, 0.15) is 65.2 Å². The van der Waals surface area contributed by atoms with Crippen LogP contribution in [0, 0.1) is 17.8 Å². The summed E-state index contributed by atoms with van der Waals surface area (Å²) in [4.78, 5) is 0. The lowest BCUT2D eigenvalue weighted by atomic mass is 9.72. The molecule has 2 heteroatoms. The normalized spacial score (nSPS) is 38.8. The number of allylic oxidation sites excluding steroid dienone is 2. The van der Waals surface area contributed by atoms with Crippen LogP contribution in [0.2, 0.25) is 0 Å². The molecule has 1 saturated carbocycles. The van der Waals surface area contributed by atoms with E-state index in [0.717, 1.165) is 32.3 Å². The Labute approximate surface area is 123 Å². The quantitative estimate of drug-likeness (QED) is 0.771. The van der Waals surface area contributed by atoms with Gasteiger partial charge in [0.1, 0.15) is 0 Å². The van der Waals surface area contributed by atoms with E-state index in [1.165, 1.54) is 31.3 Å². The summed E-state index contributed by atoms with van der Waals surface area (Å²) in [7, 11) is 0. The molecule has 0 bridgehead atoms. The van der Waals surface area contributed by atoms with Gasteiger partial charge in [-0.3, -0.25) is 0 Å². The van der Waals surface area contributed by atoms with E-state index in [1.807, 2.05) is 0 Å². The standard InChI is InChI=1S/C18H30O2/c1-13-9-14(2)11-16(10-13)17(19)15-5-8-20-18(12-15)6-3-4-7-18/h9,13,15-17,19H,3-8,10-12H2,1-2H3. The summed E-state index contributed by atoms with van der Waals surface area (Å²) in [6.45, 7) is 5.36. The lowest BCUT2D eigenvalue weighted by Crippen LogP contribution is -2.43. The lowest BCUT2D eigenvalue weighted by molar-refractivity contribution is -0.121. The smallest absolute Gasteiger partial charge is 0.0686 e. The third-order valence-corrected chi connectivity index (χ3v) is 5.84. The summed E-state index contributed by atoms with van der Waals surface area (Å²) in [5.41, 5.74) is 1.60. The zero-order valence-electron chi connectivity index (χ0n) is 13.1. The highest BCUT2D eigenvalue weighted by Crippen LogP contribution is 2.45. The number of aliphatic hydroxyl groups is 1. The van der Waals surface area contributed by atoms with Gasteiger partial charge in [0.15, 0.2) is 0 Å². The van der Waals surface area contributed by atoms with Gasteiger partial charge in [-0.15, -0.1) is 0 Å². The Morgan fingerprint density at radius 3 is 2.75 bits per heavy atom. The van der Waals surface area contributed by atoms with Crippen molar-refractivity contribution in [1.82, 2.24) is 0 Å². The van der Waals surface area contributed by atoms with E-state index >= 15 is 0 Å². The molecule has 0 aromatic carbocycles. The summed E-state index contributed by atoms with van der Waals surface area (Å²) in [6, 6.07) is 0. The van der Waals surface area contributed by atoms with Crippen LogP contribution in [0.25, 0.3) is 0 Å². The molecule has 1 saturated heterocycles. The highest BCUT2D eigenvalue weighted by molar-refractivity contribution is 5.08. The average molecular weight is 278 g/mol. The maximum Gasteiger partial charge on any atom is 0.0686 e. The molecule has 2 fully saturated rings. The van der Waals surface area contributed by atoms with E-state index < -0.39 is 0 Å². The molecule has 1 heterocycles. The molecule has 20 heavy (non-hydrogen) atoms. The summed E-state index contributed by atoms with van der Waals surface area (Å²) in [5, 5.41) is 10.9. The number of ether oxygens (including phenoxy) is 1. The number of aliphatic hydroxyl groups excluding tert-OH is 1. The van der Waals surface area contributed by atoms with E-state index in [1.54, 1.807) is 0 Å². The molecular weight excluding hydrogens is 248 g/mol. The molecule has 2 aliphatic carbocycles. The van der Waals surface area contributed by atoms with Crippen LogP contribution in [-0.2, 0) is 4.74 Å². The van der Waals surface area contributed by atoms with E-state index in [2.05, 4.69) is 19.9 Å². The van der Waals surface area contributed by atoms with Gasteiger partial charge in [0.25, 0.3) is 0 Å². The molecule has 3 aliphatic rings. The van der Waals surface area contributed by atoms with Gasteiger partial charge in [-0.2, -0.15) is 0 Å². The minimum absolute atomic E-state index is 0.123. The van der Waals surface area contributed by atoms with Gasteiger partial charge in [0.05, 0.1) is 11.7 Å². The van der Waals surface area contributed by atoms with Crippen molar-refractivity contribution >= 4 is 0 Å². The van der Waals surface area contributed by atoms with Crippen LogP contribution in [0.4, 0.5) is 0 Å². The molecule has 0 aromatic rings. The summed E-state index contributed by atoms with van der Waals surface area (Å²) in [6.07, 6.45) is 11.7. The number of rotatable bonds is 2.